The molecule has 0 saturated carbocycles. The second-order valence-corrected chi connectivity index (χ2v) is 32.1. The van der Waals surface area contributed by atoms with Crippen LogP contribution in [0.1, 0.15) is 318 Å². The minimum absolute atomic E-state index is 0.0777. The van der Waals surface area contributed by atoms with Gasteiger partial charge in [-0.25, -0.2) is 4.79 Å². The minimum atomic E-state index is -0.937. The first-order chi connectivity index (χ1) is 50.2. The van der Waals surface area contributed by atoms with Crippen molar-refractivity contribution in [1.82, 2.24) is 13.3 Å². The standard InChI is InChI=1S/C96H121N3O2S/c1-7-13-19-25-28-34-43-69(41-31-22-16-10-4)66-96(67-70(42-32-23-17-11-5)44-35-29-26-20-14-8-2)85-52-38-37-47-79(85)80-62-60-75(63-86(80)96)84-65-88-92-90-82(50-40-51-83(84)90)81-49-39-48-77-76(58-55-73-59-61-78(94-93(73)97-102-98-94)72-53-56-74(57-54-72)95(100)101)64-87(91(92)89(77)81)99(88)68-71(45-33-24-18-12-6)46-36-30-27-21-15-9-3/h37-40,47-54,56-57,59-65,69-71H,7-36,41-46,66-68H2,1-6H3,(H,100,101). The summed E-state index contributed by atoms with van der Waals surface area (Å²) in [6, 6.07) is 48.6. The third-order valence-corrected chi connectivity index (χ3v) is 24.7. The Hall–Kier alpha value is -7.07. The summed E-state index contributed by atoms with van der Waals surface area (Å²) in [5.74, 6) is 8.53. The van der Waals surface area contributed by atoms with Crippen LogP contribution in [0.25, 0.3) is 98.5 Å². The highest BCUT2D eigenvalue weighted by Crippen LogP contribution is 2.58. The number of carbonyl (C=O) groups is 1. The van der Waals surface area contributed by atoms with Crippen LogP contribution >= 0.6 is 11.7 Å². The smallest absolute Gasteiger partial charge is 0.335 e. The van der Waals surface area contributed by atoms with Crippen LogP contribution in [-0.4, -0.2) is 24.4 Å². The molecule has 538 valence electrons. The molecule has 3 atom stereocenters. The van der Waals surface area contributed by atoms with E-state index in [1.165, 1.54) is 332 Å². The lowest BCUT2D eigenvalue weighted by Crippen LogP contribution is -2.32. The summed E-state index contributed by atoms with van der Waals surface area (Å²) in [6.45, 7) is 15.2. The third kappa shape index (κ3) is 17.0. The molecule has 12 rings (SSSR count). The first-order valence-corrected chi connectivity index (χ1v) is 42.3. The zero-order valence-corrected chi connectivity index (χ0v) is 64.4. The van der Waals surface area contributed by atoms with Crippen LogP contribution in [-0.2, 0) is 12.0 Å². The summed E-state index contributed by atoms with van der Waals surface area (Å²) in [4.78, 5) is 11.8. The summed E-state index contributed by atoms with van der Waals surface area (Å²) >= 11 is 1.20. The molecule has 0 bridgehead atoms. The highest BCUT2D eigenvalue weighted by molar-refractivity contribution is 7.00. The average molecular weight is 1380 g/mol. The van der Waals surface area contributed by atoms with Crippen LogP contribution in [0.5, 0.6) is 0 Å². The molecular formula is C96H121N3O2S. The summed E-state index contributed by atoms with van der Waals surface area (Å²) in [6.07, 6.45) is 50.3. The van der Waals surface area contributed by atoms with Gasteiger partial charge in [0, 0.05) is 44.6 Å². The Morgan fingerprint density at radius 3 is 1.39 bits per heavy atom. The normalized spacial score (nSPS) is 14.6. The van der Waals surface area contributed by atoms with Crippen LogP contribution in [0, 0.1) is 29.6 Å². The zero-order chi connectivity index (χ0) is 70.6. The maximum absolute atomic E-state index is 11.8. The molecule has 0 spiro atoms. The van der Waals surface area contributed by atoms with Crippen molar-refractivity contribution < 1.29 is 9.90 Å². The van der Waals surface area contributed by atoms with Gasteiger partial charge in [0.05, 0.1) is 33.9 Å². The van der Waals surface area contributed by atoms with Gasteiger partial charge in [-0.2, -0.15) is 8.75 Å². The topological polar surface area (TPSA) is 68.0 Å². The van der Waals surface area contributed by atoms with Crippen molar-refractivity contribution in [3.63, 3.8) is 0 Å². The lowest BCUT2D eigenvalue weighted by molar-refractivity contribution is 0.0696. The van der Waals surface area contributed by atoms with Crippen LogP contribution in [0.3, 0.4) is 0 Å². The Morgan fingerprint density at radius 2 is 0.833 bits per heavy atom. The molecule has 2 heterocycles. The number of aromatic carboxylic acids is 1. The number of rotatable bonds is 45. The van der Waals surface area contributed by atoms with Crippen molar-refractivity contribution in [1.29, 1.82) is 0 Å². The van der Waals surface area contributed by atoms with Crippen LogP contribution < -0.4 is 0 Å². The van der Waals surface area contributed by atoms with Crippen molar-refractivity contribution >= 4 is 82.9 Å². The van der Waals surface area contributed by atoms with Crippen molar-refractivity contribution in [3.8, 4) is 45.2 Å². The van der Waals surface area contributed by atoms with E-state index < -0.39 is 5.97 Å². The van der Waals surface area contributed by atoms with Gasteiger partial charge in [-0.05, 0) is 140 Å². The van der Waals surface area contributed by atoms with Gasteiger partial charge in [0.1, 0.15) is 11.0 Å². The molecule has 1 N–H and O–H groups in total. The molecular weight excluding hydrogens is 1260 g/mol. The second kappa shape index (κ2) is 37.1. The Bertz CT molecular complexity index is 4480. The predicted molar refractivity (Wildman–Crippen MR) is 442 cm³/mol. The number of aromatic nitrogens is 3. The highest BCUT2D eigenvalue weighted by Gasteiger charge is 2.46. The Labute approximate surface area is 617 Å². The second-order valence-electron chi connectivity index (χ2n) is 31.6. The van der Waals surface area contributed by atoms with Gasteiger partial charge in [-0.3, -0.25) is 0 Å². The van der Waals surface area contributed by atoms with Crippen molar-refractivity contribution in [2.75, 3.05) is 0 Å². The maximum atomic E-state index is 11.8. The molecule has 3 unspecified atom stereocenters. The quantitative estimate of drug-likeness (QED) is 0.0179. The largest absolute Gasteiger partial charge is 0.478 e. The Balaban J connectivity index is 1.05. The number of carboxylic acid groups (broad SMARTS) is 1. The molecule has 1 aliphatic rings. The predicted octanol–water partition coefficient (Wildman–Crippen LogP) is 29.6. The monoisotopic (exact) mass is 1380 g/mol. The molecule has 0 aliphatic heterocycles. The van der Waals surface area contributed by atoms with Crippen LogP contribution in [0.4, 0.5) is 0 Å². The molecule has 6 heteroatoms. The van der Waals surface area contributed by atoms with Crippen LogP contribution in [0.15, 0.2) is 127 Å². The summed E-state index contributed by atoms with van der Waals surface area (Å²) in [5, 5.41) is 20.4. The van der Waals surface area contributed by atoms with E-state index in [1.807, 2.05) is 12.1 Å². The fourth-order valence-corrected chi connectivity index (χ4v) is 19.3. The molecule has 9 aromatic carbocycles. The lowest BCUT2D eigenvalue weighted by atomic mass is 9.64. The summed E-state index contributed by atoms with van der Waals surface area (Å²) in [5.41, 5.74) is 17.1. The van der Waals surface area contributed by atoms with E-state index >= 15 is 0 Å². The summed E-state index contributed by atoms with van der Waals surface area (Å²) in [7, 11) is 0. The maximum Gasteiger partial charge on any atom is 0.335 e. The fourth-order valence-electron chi connectivity index (χ4n) is 18.7. The van der Waals surface area contributed by atoms with Gasteiger partial charge < -0.3 is 9.67 Å². The van der Waals surface area contributed by atoms with Crippen LogP contribution in [0.2, 0.25) is 0 Å². The van der Waals surface area contributed by atoms with Gasteiger partial charge >= 0.3 is 5.97 Å². The number of fused-ring (bicyclic) bond motifs is 5. The number of benzene rings is 9. The van der Waals surface area contributed by atoms with E-state index in [4.69, 9.17) is 8.75 Å². The van der Waals surface area contributed by atoms with E-state index in [1.54, 1.807) is 23.3 Å². The Kier molecular flexibility index (Phi) is 27.1. The van der Waals surface area contributed by atoms with E-state index in [2.05, 4.69) is 161 Å². The average Bonchev–Trinajstić information content (AvgIpc) is 1.47. The molecule has 5 nitrogen and oxygen atoms in total. The first kappa shape index (κ1) is 74.6. The molecule has 0 fully saturated rings. The molecule has 102 heavy (non-hydrogen) atoms. The number of hydrogen-bond donors (Lipinski definition) is 1. The molecule has 11 aromatic rings. The number of hydrogen-bond acceptors (Lipinski definition) is 4. The highest BCUT2D eigenvalue weighted by atomic mass is 32.1. The Morgan fingerprint density at radius 1 is 0.392 bits per heavy atom. The van der Waals surface area contributed by atoms with E-state index in [0.29, 0.717) is 17.8 Å². The van der Waals surface area contributed by atoms with Gasteiger partial charge in [-0.1, -0.05) is 363 Å². The number of unbranched alkanes of at least 4 members (excludes halogenated alkanes) is 24. The molecule has 2 aromatic heterocycles. The van der Waals surface area contributed by atoms with Crippen molar-refractivity contribution in [2.45, 2.75) is 297 Å². The fraction of sp³-hybridized carbons (Fsp3) is 0.510. The molecule has 1 aliphatic carbocycles. The van der Waals surface area contributed by atoms with Gasteiger partial charge in [0.2, 0.25) is 0 Å². The van der Waals surface area contributed by atoms with Gasteiger partial charge in [0.25, 0.3) is 0 Å². The zero-order valence-electron chi connectivity index (χ0n) is 63.5. The van der Waals surface area contributed by atoms with Gasteiger partial charge in [-0.15, -0.1) is 0 Å². The number of nitrogens with zero attached hydrogens (tertiary/aromatic N) is 3. The molecule has 0 amide bonds. The first-order valence-electron chi connectivity index (χ1n) is 41.6. The lowest BCUT2D eigenvalue weighted by Gasteiger charge is -2.39. The van der Waals surface area contributed by atoms with E-state index in [9.17, 15) is 9.90 Å². The number of carboxylic acids is 1. The van der Waals surface area contributed by atoms with Crippen molar-refractivity contribution in [2.24, 2.45) is 17.8 Å². The summed E-state index contributed by atoms with van der Waals surface area (Å²) < 4.78 is 12.5. The SMILES string of the molecule is CCCCCCCCC(CCCCCC)Cn1c2cc(C#Cc3ccc(-c4ccc(C(=O)O)cc4)c4nsnc34)c3cccc4c5cccc6c(-c7ccc8c(c7)C(CC(CCCCCC)CCCCCCCC)(CC(CCCCCC)CCCCCCCC)c7ccccc7-8)cc1c(c65)c2c34. The molecule has 0 saturated heterocycles. The minimum Gasteiger partial charge on any atom is -0.478 e. The van der Waals surface area contributed by atoms with E-state index in [-0.39, 0.29) is 11.0 Å². The van der Waals surface area contributed by atoms with Crippen molar-refractivity contribution in [3.05, 3.63) is 155 Å². The molecule has 0 radical (unpaired) electrons. The van der Waals surface area contributed by atoms with Gasteiger partial charge in [0.15, 0.2) is 0 Å². The van der Waals surface area contributed by atoms with E-state index in [0.717, 1.165) is 39.8 Å². The third-order valence-electron chi connectivity index (χ3n) is 24.2.